The van der Waals surface area contributed by atoms with Gasteiger partial charge in [-0.1, -0.05) is 6.08 Å². The first kappa shape index (κ1) is 12.1. The second kappa shape index (κ2) is 6.46. The van der Waals surface area contributed by atoms with E-state index in [0.717, 1.165) is 0 Å². The number of nitriles is 1. The minimum Gasteiger partial charge on any atom is -0.468 e. The van der Waals surface area contributed by atoms with Crippen molar-refractivity contribution in [2.24, 2.45) is 0 Å². The zero-order valence-electron chi connectivity index (χ0n) is 8.98. The second-order valence-corrected chi connectivity index (χ2v) is 3.33. The van der Waals surface area contributed by atoms with Crippen molar-refractivity contribution in [3.8, 4) is 6.07 Å². The number of hydrogen-bond acceptors (Lipinski definition) is 3. The third kappa shape index (κ3) is 3.62. The van der Waals surface area contributed by atoms with E-state index in [1.807, 2.05) is 0 Å². The Hall–Kier alpha value is -2.02. The van der Waals surface area contributed by atoms with E-state index in [-0.39, 0.29) is 11.8 Å². The predicted molar refractivity (Wildman–Crippen MR) is 59.5 cm³/mol. The zero-order valence-corrected chi connectivity index (χ0v) is 8.98. The molecule has 1 atom stereocenters. The van der Waals surface area contributed by atoms with Crippen molar-refractivity contribution in [2.75, 3.05) is 6.54 Å². The lowest BCUT2D eigenvalue weighted by Gasteiger charge is -2.05. The van der Waals surface area contributed by atoms with Gasteiger partial charge < -0.3 is 9.73 Å². The first-order chi connectivity index (χ1) is 7.77. The molecule has 4 nitrogen and oxygen atoms in total. The summed E-state index contributed by atoms with van der Waals surface area (Å²) in [6.45, 7) is 3.96. The molecule has 1 aromatic heterocycles. The van der Waals surface area contributed by atoms with E-state index in [1.54, 1.807) is 18.2 Å². The summed E-state index contributed by atoms with van der Waals surface area (Å²) in [6.07, 6.45) is 3.92. The van der Waals surface area contributed by atoms with E-state index in [0.29, 0.717) is 25.1 Å². The molecule has 1 N–H and O–H groups in total. The van der Waals surface area contributed by atoms with Crippen LogP contribution < -0.4 is 5.32 Å². The van der Waals surface area contributed by atoms with Gasteiger partial charge in [0.25, 0.3) is 0 Å². The number of rotatable bonds is 6. The quantitative estimate of drug-likeness (QED) is 0.742. The average Bonchev–Trinajstić information content (AvgIpc) is 2.81. The number of carbonyl (C=O) groups excluding carboxylic acids is 1. The third-order valence-corrected chi connectivity index (χ3v) is 2.15. The maximum absolute atomic E-state index is 11.3. The smallest absolute Gasteiger partial charge is 0.220 e. The molecule has 0 aliphatic rings. The molecule has 0 saturated carbocycles. The van der Waals surface area contributed by atoms with Crippen LogP contribution in [0.5, 0.6) is 0 Å². The van der Waals surface area contributed by atoms with Crippen LogP contribution in [0.1, 0.15) is 24.5 Å². The molecule has 1 rings (SSSR count). The van der Waals surface area contributed by atoms with E-state index in [2.05, 4.69) is 18.0 Å². The van der Waals surface area contributed by atoms with Crippen molar-refractivity contribution >= 4 is 5.91 Å². The molecule has 0 aliphatic heterocycles. The highest BCUT2D eigenvalue weighted by Gasteiger charge is 2.14. The van der Waals surface area contributed by atoms with Crippen LogP contribution in [0.3, 0.4) is 0 Å². The van der Waals surface area contributed by atoms with Crippen LogP contribution in [0.15, 0.2) is 35.5 Å². The van der Waals surface area contributed by atoms with E-state index < -0.39 is 0 Å². The first-order valence-electron chi connectivity index (χ1n) is 5.08. The minimum atomic E-state index is -0.357. The molecular formula is C12H14N2O2. The average molecular weight is 218 g/mol. The van der Waals surface area contributed by atoms with E-state index in [1.165, 1.54) is 6.26 Å². The minimum absolute atomic E-state index is 0.0771. The second-order valence-electron chi connectivity index (χ2n) is 3.33. The fourth-order valence-corrected chi connectivity index (χ4v) is 1.31. The van der Waals surface area contributed by atoms with Crippen LogP contribution in [0.25, 0.3) is 0 Å². The van der Waals surface area contributed by atoms with Gasteiger partial charge in [0.15, 0.2) is 0 Å². The summed E-state index contributed by atoms with van der Waals surface area (Å²) in [5, 5.41) is 11.6. The summed E-state index contributed by atoms with van der Waals surface area (Å²) in [6, 6.07) is 5.60. The molecule has 84 valence electrons. The lowest BCUT2D eigenvalue weighted by molar-refractivity contribution is -0.121. The van der Waals surface area contributed by atoms with Gasteiger partial charge in [0.2, 0.25) is 5.91 Å². The Labute approximate surface area is 94.6 Å². The number of nitrogens with one attached hydrogen (secondary N) is 1. The van der Waals surface area contributed by atoms with Gasteiger partial charge in [-0.15, -0.1) is 6.58 Å². The van der Waals surface area contributed by atoms with E-state index >= 15 is 0 Å². The molecule has 1 aromatic rings. The molecule has 1 amide bonds. The SMILES string of the molecule is C=CCNC(=O)CCC(C#N)c1ccco1. The van der Waals surface area contributed by atoms with Crippen LogP contribution in [-0.2, 0) is 4.79 Å². The van der Waals surface area contributed by atoms with Crippen LogP contribution >= 0.6 is 0 Å². The molecule has 16 heavy (non-hydrogen) atoms. The Balaban J connectivity index is 2.38. The fraction of sp³-hybridized carbons (Fsp3) is 0.333. The van der Waals surface area contributed by atoms with Crippen LogP contribution in [-0.4, -0.2) is 12.5 Å². The number of nitrogens with zero attached hydrogens (tertiary/aromatic N) is 1. The molecular weight excluding hydrogens is 204 g/mol. The monoisotopic (exact) mass is 218 g/mol. The van der Waals surface area contributed by atoms with Gasteiger partial charge in [-0.3, -0.25) is 4.79 Å². The Morgan fingerprint density at radius 2 is 2.56 bits per heavy atom. The van der Waals surface area contributed by atoms with Crippen molar-refractivity contribution in [1.82, 2.24) is 5.32 Å². The van der Waals surface area contributed by atoms with Gasteiger partial charge >= 0.3 is 0 Å². The number of hydrogen-bond donors (Lipinski definition) is 1. The summed E-state index contributed by atoms with van der Waals surface area (Å²) in [5.41, 5.74) is 0. The van der Waals surface area contributed by atoms with E-state index in [9.17, 15) is 4.79 Å². The van der Waals surface area contributed by atoms with Gasteiger partial charge in [0.05, 0.1) is 12.3 Å². The summed E-state index contributed by atoms with van der Waals surface area (Å²) < 4.78 is 5.13. The maximum atomic E-state index is 11.3. The summed E-state index contributed by atoms with van der Waals surface area (Å²) in [7, 11) is 0. The lowest BCUT2D eigenvalue weighted by Crippen LogP contribution is -2.23. The molecule has 0 spiro atoms. The molecule has 1 heterocycles. The molecule has 0 aromatic carbocycles. The van der Waals surface area contributed by atoms with Gasteiger partial charge in [-0.25, -0.2) is 0 Å². The standard InChI is InChI=1S/C12H14N2O2/c1-2-7-14-12(15)6-5-10(9-13)11-4-3-8-16-11/h2-4,8,10H,1,5-7H2,(H,14,15). The van der Waals surface area contributed by atoms with Gasteiger partial charge in [0.1, 0.15) is 11.7 Å². The summed E-state index contributed by atoms with van der Waals surface area (Å²) in [4.78, 5) is 11.3. The third-order valence-electron chi connectivity index (χ3n) is 2.15. The Kier molecular flexibility index (Phi) is 4.87. The molecule has 0 saturated heterocycles. The number of amides is 1. The lowest BCUT2D eigenvalue weighted by atomic mass is 10.0. The largest absolute Gasteiger partial charge is 0.468 e. The van der Waals surface area contributed by atoms with Crippen molar-refractivity contribution in [3.05, 3.63) is 36.8 Å². The van der Waals surface area contributed by atoms with Gasteiger partial charge in [-0.2, -0.15) is 5.26 Å². The van der Waals surface area contributed by atoms with E-state index in [4.69, 9.17) is 9.68 Å². The molecule has 0 fully saturated rings. The topological polar surface area (TPSA) is 66.0 Å². The highest BCUT2D eigenvalue weighted by atomic mass is 16.3. The van der Waals surface area contributed by atoms with Gasteiger partial charge in [-0.05, 0) is 18.6 Å². The van der Waals surface area contributed by atoms with Crippen LogP contribution in [0.2, 0.25) is 0 Å². The predicted octanol–water partition coefficient (Wildman–Crippen LogP) is 1.97. The van der Waals surface area contributed by atoms with Gasteiger partial charge in [0, 0.05) is 13.0 Å². The zero-order chi connectivity index (χ0) is 11.8. The molecule has 4 heteroatoms. The Morgan fingerprint density at radius 1 is 1.75 bits per heavy atom. The Morgan fingerprint density at radius 3 is 3.12 bits per heavy atom. The highest BCUT2D eigenvalue weighted by Crippen LogP contribution is 2.20. The van der Waals surface area contributed by atoms with Crippen molar-refractivity contribution in [3.63, 3.8) is 0 Å². The molecule has 0 bridgehead atoms. The number of furan rings is 1. The maximum Gasteiger partial charge on any atom is 0.220 e. The fourth-order valence-electron chi connectivity index (χ4n) is 1.31. The molecule has 0 aliphatic carbocycles. The van der Waals surface area contributed by atoms with Crippen molar-refractivity contribution in [2.45, 2.75) is 18.8 Å². The summed E-state index contributed by atoms with van der Waals surface area (Å²) >= 11 is 0. The number of carbonyl (C=O) groups is 1. The van der Waals surface area contributed by atoms with Crippen molar-refractivity contribution in [1.29, 1.82) is 5.26 Å². The highest BCUT2D eigenvalue weighted by molar-refractivity contribution is 5.76. The van der Waals surface area contributed by atoms with Crippen LogP contribution in [0.4, 0.5) is 0 Å². The first-order valence-corrected chi connectivity index (χ1v) is 5.08. The normalized spacial score (nSPS) is 11.4. The molecule has 0 radical (unpaired) electrons. The summed E-state index contributed by atoms with van der Waals surface area (Å²) in [5.74, 6) is 0.176. The molecule has 1 unspecified atom stereocenters. The van der Waals surface area contributed by atoms with Crippen molar-refractivity contribution < 1.29 is 9.21 Å². The van der Waals surface area contributed by atoms with Crippen LogP contribution in [0, 0.1) is 11.3 Å². The Bertz CT molecular complexity index is 376.